The SMILES string of the molecule is Cc1cc(CNCC2CCC(C)(C)O2)sc1C. The maximum absolute atomic E-state index is 5.96. The van der Waals surface area contributed by atoms with Crippen molar-refractivity contribution in [2.75, 3.05) is 6.54 Å². The third kappa shape index (κ3) is 3.54. The summed E-state index contributed by atoms with van der Waals surface area (Å²) in [5.41, 5.74) is 1.49. The lowest BCUT2D eigenvalue weighted by Crippen LogP contribution is -2.28. The fraction of sp³-hybridized carbons (Fsp3) is 0.714. The van der Waals surface area contributed by atoms with Crippen LogP contribution in [0, 0.1) is 13.8 Å². The Kier molecular flexibility index (Phi) is 3.91. The first-order valence-corrected chi connectivity index (χ1v) is 7.22. The Morgan fingerprint density at radius 2 is 2.24 bits per heavy atom. The Morgan fingerprint density at radius 1 is 1.47 bits per heavy atom. The number of thiophene rings is 1. The third-order valence-corrected chi connectivity index (χ3v) is 4.59. The minimum Gasteiger partial charge on any atom is -0.371 e. The van der Waals surface area contributed by atoms with Gasteiger partial charge in [0.1, 0.15) is 0 Å². The number of hydrogen-bond donors (Lipinski definition) is 1. The minimum atomic E-state index is 0.0858. The number of aryl methyl sites for hydroxylation is 2. The summed E-state index contributed by atoms with van der Waals surface area (Å²) in [5.74, 6) is 0. The van der Waals surface area contributed by atoms with Crippen LogP contribution in [0.3, 0.4) is 0 Å². The lowest BCUT2D eigenvalue weighted by Gasteiger charge is -2.19. The summed E-state index contributed by atoms with van der Waals surface area (Å²) in [6, 6.07) is 2.28. The lowest BCUT2D eigenvalue weighted by molar-refractivity contribution is -0.0142. The first-order valence-electron chi connectivity index (χ1n) is 6.41. The average Bonchev–Trinajstić information content (AvgIpc) is 2.72. The lowest BCUT2D eigenvalue weighted by atomic mass is 10.1. The standard InChI is InChI=1S/C14H23NOS/c1-10-7-13(17-11(10)2)9-15-8-12-5-6-14(3,4)16-12/h7,12,15H,5-6,8-9H2,1-4H3. The molecular weight excluding hydrogens is 230 g/mol. The van der Waals surface area contributed by atoms with Crippen molar-refractivity contribution < 1.29 is 4.74 Å². The topological polar surface area (TPSA) is 21.3 Å². The highest BCUT2D eigenvalue weighted by atomic mass is 32.1. The van der Waals surface area contributed by atoms with E-state index >= 15 is 0 Å². The fourth-order valence-corrected chi connectivity index (χ4v) is 3.34. The Bertz CT molecular complexity index is 364. The van der Waals surface area contributed by atoms with Crippen molar-refractivity contribution >= 4 is 11.3 Å². The Labute approximate surface area is 108 Å². The molecule has 2 nitrogen and oxygen atoms in total. The second-order valence-electron chi connectivity index (χ2n) is 5.62. The molecule has 1 unspecified atom stereocenters. The summed E-state index contributed by atoms with van der Waals surface area (Å²) < 4.78 is 5.96. The van der Waals surface area contributed by atoms with E-state index in [0.29, 0.717) is 6.10 Å². The smallest absolute Gasteiger partial charge is 0.0707 e. The summed E-state index contributed by atoms with van der Waals surface area (Å²) in [5, 5.41) is 3.51. The van der Waals surface area contributed by atoms with Gasteiger partial charge in [-0.15, -0.1) is 11.3 Å². The van der Waals surface area contributed by atoms with Crippen LogP contribution in [0.5, 0.6) is 0 Å². The molecule has 0 amide bonds. The molecule has 1 atom stereocenters. The zero-order valence-corrected chi connectivity index (χ0v) is 12.1. The van der Waals surface area contributed by atoms with Crippen molar-refractivity contribution in [3.8, 4) is 0 Å². The predicted octanol–water partition coefficient (Wildman–Crippen LogP) is 3.41. The van der Waals surface area contributed by atoms with Gasteiger partial charge >= 0.3 is 0 Å². The fourth-order valence-electron chi connectivity index (χ4n) is 2.31. The maximum Gasteiger partial charge on any atom is 0.0707 e. The molecule has 1 saturated heterocycles. The molecule has 1 aromatic heterocycles. The van der Waals surface area contributed by atoms with Crippen LogP contribution in [-0.4, -0.2) is 18.2 Å². The third-order valence-electron chi connectivity index (χ3n) is 3.44. The van der Waals surface area contributed by atoms with Crippen LogP contribution in [-0.2, 0) is 11.3 Å². The van der Waals surface area contributed by atoms with Crippen LogP contribution in [0.15, 0.2) is 6.07 Å². The summed E-state index contributed by atoms with van der Waals surface area (Å²) in [4.78, 5) is 2.86. The molecule has 96 valence electrons. The number of hydrogen-bond acceptors (Lipinski definition) is 3. The molecule has 0 saturated carbocycles. The zero-order chi connectivity index (χ0) is 12.5. The van der Waals surface area contributed by atoms with Crippen molar-refractivity contribution in [3.63, 3.8) is 0 Å². The van der Waals surface area contributed by atoms with Gasteiger partial charge in [-0.1, -0.05) is 0 Å². The summed E-state index contributed by atoms with van der Waals surface area (Å²) in [6.45, 7) is 10.7. The van der Waals surface area contributed by atoms with Crippen molar-refractivity contribution in [1.82, 2.24) is 5.32 Å². The van der Waals surface area contributed by atoms with Gasteiger partial charge in [0.25, 0.3) is 0 Å². The van der Waals surface area contributed by atoms with Crippen LogP contribution < -0.4 is 5.32 Å². The molecule has 3 heteroatoms. The van der Waals surface area contributed by atoms with Crippen LogP contribution in [0.2, 0.25) is 0 Å². The molecule has 17 heavy (non-hydrogen) atoms. The van der Waals surface area contributed by atoms with Gasteiger partial charge in [0, 0.05) is 22.8 Å². The van der Waals surface area contributed by atoms with E-state index in [9.17, 15) is 0 Å². The number of ether oxygens (including phenoxy) is 1. The van der Waals surface area contributed by atoms with Crippen molar-refractivity contribution in [2.24, 2.45) is 0 Å². The van der Waals surface area contributed by atoms with E-state index in [4.69, 9.17) is 4.74 Å². The molecule has 1 N–H and O–H groups in total. The molecule has 1 aliphatic rings. The van der Waals surface area contributed by atoms with Gasteiger partial charge in [-0.2, -0.15) is 0 Å². The first kappa shape index (κ1) is 13.1. The van der Waals surface area contributed by atoms with E-state index in [1.165, 1.54) is 28.2 Å². The second kappa shape index (κ2) is 5.09. The van der Waals surface area contributed by atoms with E-state index in [2.05, 4.69) is 39.1 Å². The Hall–Kier alpha value is -0.380. The van der Waals surface area contributed by atoms with Crippen LogP contribution >= 0.6 is 11.3 Å². The summed E-state index contributed by atoms with van der Waals surface area (Å²) >= 11 is 1.89. The van der Waals surface area contributed by atoms with E-state index < -0.39 is 0 Å². The second-order valence-corrected chi connectivity index (χ2v) is 6.96. The zero-order valence-electron chi connectivity index (χ0n) is 11.3. The quantitative estimate of drug-likeness (QED) is 0.888. The maximum atomic E-state index is 5.96. The Balaban J connectivity index is 1.73. The molecule has 0 spiro atoms. The van der Waals surface area contributed by atoms with E-state index in [0.717, 1.165) is 13.1 Å². The van der Waals surface area contributed by atoms with Crippen LogP contribution in [0.1, 0.15) is 42.0 Å². The van der Waals surface area contributed by atoms with Crippen molar-refractivity contribution in [2.45, 2.75) is 58.8 Å². The van der Waals surface area contributed by atoms with Crippen LogP contribution in [0.25, 0.3) is 0 Å². The molecule has 1 aromatic rings. The molecule has 2 rings (SSSR count). The van der Waals surface area contributed by atoms with Gasteiger partial charge in [-0.3, -0.25) is 0 Å². The van der Waals surface area contributed by atoms with Gasteiger partial charge in [-0.05, 0) is 52.2 Å². The summed E-state index contributed by atoms with van der Waals surface area (Å²) in [6.07, 6.45) is 2.76. The molecule has 0 aliphatic carbocycles. The minimum absolute atomic E-state index is 0.0858. The van der Waals surface area contributed by atoms with Gasteiger partial charge in [0.15, 0.2) is 0 Å². The van der Waals surface area contributed by atoms with Gasteiger partial charge in [0.05, 0.1) is 11.7 Å². The van der Waals surface area contributed by atoms with Gasteiger partial charge in [-0.25, -0.2) is 0 Å². The first-order chi connectivity index (χ1) is 7.96. The van der Waals surface area contributed by atoms with Gasteiger partial charge in [0.2, 0.25) is 0 Å². The largest absolute Gasteiger partial charge is 0.371 e. The van der Waals surface area contributed by atoms with Crippen molar-refractivity contribution in [1.29, 1.82) is 0 Å². The van der Waals surface area contributed by atoms with E-state index in [1.807, 2.05) is 11.3 Å². The molecule has 0 bridgehead atoms. The van der Waals surface area contributed by atoms with E-state index in [1.54, 1.807) is 0 Å². The van der Waals surface area contributed by atoms with Crippen LogP contribution in [0.4, 0.5) is 0 Å². The Morgan fingerprint density at radius 3 is 2.76 bits per heavy atom. The average molecular weight is 253 g/mol. The number of nitrogens with one attached hydrogen (secondary N) is 1. The van der Waals surface area contributed by atoms with Crippen molar-refractivity contribution in [3.05, 3.63) is 21.4 Å². The molecule has 1 fully saturated rings. The molecular formula is C14H23NOS. The normalized spacial score (nSPS) is 23.2. The molecule has 0 aromatic carbocycles. The molecule has 2 heterocycles. The highest BCUT2D eigenvalue weighted by Crippen LogP contribution is 2.29. The monoisotopic (exact) mass is 253 g/mol. The van der Waals surface area contributed by atoms with Gasteiger partial charge < -0.3 is 10.1 Å². The highest BCUT2D eigenvalue weighted by Gasteiger charge is 2.31. The molecule has 0 radical (unpaired) electrons. The predicted molar refractivity (Wildman–Crippen MR) is 73.7 cm³/mol. The molecule has 1 aliphatic heterocycles. The summed E-state index contributed by atoms with van der Waals surface area (Å²) in [7, 11) is 0. The highest BCUT2D eigenvalue weighted by molar-refractivity contribution is 7.12. The van der Waals surface area contributed by atoms with E-state index in [-0.39, 0.29) is 5.60 Å². The number of rotatable bonds is 4.